The number of carbonyl (C=O) groups excluding carboxylic acids is 2. The normalized spacial score (nSPS) is 11.7. The Morgan fingerprint density at radius 1 is 0.655 bits per heavy atom. The fourth-order valence-corrected chi connectivity index (χ4v) is 3.66. The molecule has 4 nitrogen and oxygen atoms in total. The third kappa shape index (κ3) is 12.3. The lowest BCUT2D eigenvalue weighted by atomic mass is 9.82. The summed E-state index contributed by atoms with van der Waals surface area (Å²) in [6.45, 7) is 9.94. The van der Waals surface area contributed by atoms with Gasteiger partial charge in [-0.05, 0) is 33.1 Å². The lowest BCUT2D eigenvalue weighted by Gasteiger charge is -2.27. The van der Waals surface area contributed by atoms with E-state index in [2.05, 4.69) is 6.92 Å². The van der Waals surface area contributed by atoms with Crippen LogP contribution in [0.4, 0.5) is 0 Å². The number of rotatable bonds is 19. The Hall–Kier alpha value is -1.06. The van der Waals surface area contributed by atoms with Gasteiger partial charge in [-0.2, -0.15) is 0 Å². The van der Waals surface area contributed by atoms with Crippen molar-refractivity contribution in [3.05, 3.63) is 0 Å². The van der Waals surface area contributed by atoms with Gasteiger partial charge in [0, 0.05) is 0 Å². The van der Waals surface area contributed by atoms with E-state index in [0.717, 1.165) is 12.8 Å². The molecule has 0 N–H and O–H groups in total. The lowest BCUT2D eigenvalue weighted by Crippen LogP contribution is -2.42. The molecule has 0 rings (SSSR count). The Kier molecular flexibility index (Phi) is 17.1. The van der Waals surface area contributed by atoms with Crippen molar-refractivity contribution in [3.8, 4) is 0 Å². The van der Waals surface area contributed by atoms with Gasteiger partial charge in [0.05, 0.1) is 12.7 Å². The van der Waals surface area contributed by atoms with E-state index >= 15 is 0 Å². The number of hydrogen-bond acceptors (Lipinski definition) is 4. The maximum Gasteiger partial charge on any atom is 0.323 e. The minimum absolute atomic E-state index is 0.228. The Balaban J connectivity index is 3.80. The summed E-state index contributed by atoms with van der Waals surface area (Å²) in [4.78, 5) is 24.9. The topological polar surface area (TPSA) is 52.6 Å². The molecule has 0 bridgehead atoms. The van der Waals surface area contributed by atoms with E-state index in [1.807, 2.05) is 13.8 Å². The molecule has 0 fully saturated rings. The number of carbonyl (C=O) groups is 2. The summed E-state index contributed by atoms with van der Waals surface area (Å²) in [6, 6.07) is 0. The van der Waals surface area contributed by atoms with E-state index < -0.39 is 17.4 Å². The zero-order valence-electron chi connectivity index (χ0n) is 20.0. The highest BCUT2D eigenvalue weighted by Crippen LogP contribution is 2.30. The molecule has 29 heavy (non-hydrogen) atoms. The molecule has 0 aliphatic carbocycles. The van der Waals surface area contributed by atoms with Crippen LogP contribution in [-0.2, 0) is 19.1 Å². The summed E-state index contributed by atoms with van der Waals surface area (Å²) in [5.41, 5.74) is -1.15. The molecule has 0 atom stereocenters. The van der Waals surface area contributed by atoms with Crippen LogP contribution >= 0.6 is 0 Å². The Labute approximate surface area is 180 Å². The van der Waals surface area contributed by atoms with Gasteiger partial charge in [0.2, 0.25) is 0 Å². The summed E-state index contributed by atoms with van der Waals surface area (Å²) in [5.74, 6) is -0.875. The van der Waals surface area contributed by atoms with Crippen molar-refractivity contribution in [1.82, 2.24) is 0 Å². The molecule has 0 aromatic heterocycles. The minimum atomic E-state index is -1.15. The van der Waals surface area contributed by atoms with Gasteiger partial charge in [-0.25, -0.2) is 0 Å². The SMILES string of the molecule is CCCCCCCCCCCCCCCOC(=O)C(CC)(CC)C(=O)OC(C)C. The van der Waals surface area contributed by atoms with E-state index in [1.54, 1.807) is 13.8 Å². The first-order chi connectivity index (χ1) is 13.9. The molecule has 0 amide bonds. The molecular weight excluding hydrogens is 364 g/mol. The average Bonchev–Trinajstić information content (AvgIpc) is 2.69. The zero-order chi connectivity index (χ0) is 22.0. The molecule has 172 valence electrons. The van der Waals surface area contributed by atoms with Crippen LogP contribution in [0.25, 0.3) is 0 Å². The van der Waals surface area contributed by atoms with Crippen molar-refractivity contribution in [2.45, 2.75) is 137 Å². The van der Waals surface area contributed by atoms with Crippen LogP contribution in [0, 0.1) is 5.41 Å². The molecule has 0 radical (unpaired) electrons. The standard InChI is InChI=1S/C25H48O4/c1-6-9-10-11-12-13-14-15-16-17-18-19-20-21-28-23(26)25(7-2,8-3)24(27)29-22(4)5/h22H,6-21H2,1-5H3. The molecular formula is C25H48O4. The predicted octanol–water partition coefficient (Wildman–Crippen LogP) is 7.38. The van der Waals surface area contributed by atoms with Gasteiger partial charge in [-0.15, -0.1) is 0 Å². The third-order valence-electron chi connectivity index (χ3n) is 5.81. The highest BCUT2D eigenvalue weighted by atomic mass is 16.6. The maximum atomic E-state index is 12.5. The van der Waals surface area contributed by atoms with Crippen LogP contribution in [0.3, 0.4) is 0 Å². The molecule has 0 aromatic rings. The Morgan fingerprint density at radius 2 is 1.07 bits per heavy atom. The fourth-order valence-electron chi connectivity index (χ4n) is 3.66. The highest BCUT2D eigenvalue weighted by Gasteiger charge is 2.46. The zero-order valence-corrected chi connectivity index (χ0v) is 20.0. The summed E-state index contributed by atoms with van der Waals surface area (Å²) >= 11 is 0. The summed E-state index contributed by atoms with van der Waals surface area (Å²) in [5, 5.41) is 0. The van der Waals surface area contributed by atoms with Crippen LogP contribution in [0.5, 0.6) is 0 Å². The maximum absolute atomic E-state index is 12.5. The van der Waals surface area contributed by atoms with E-state index in [9.17, 15) is 9.59 Å². The molecule has 0 aromatic carbocycles. The van der Waals surface area contributed by atoms with Crippen LogP contribution in [-0.4, -0.2) is 24.6 Å². The first-order valence-corrected chi connectivity index (χ1v) is 12.3. The van der Waals surface area contributed by atoms with E-state index in [4.69, 9.17) is 9.47 Å². The van der Waals surface area contributed by atoms with Crippen LogP contribution in [0.2, 0.25) is 0 Å². The van der Waals surface area contributed by atoms with Crippen LogP contribution < -0.4 is 0 Å². The van der Waals surface area contributed by atoms with Gasteiger partial charge in [-0.1, -0.05) is 97.8 Å². The second kappa shape index (κ2) is 17.8. The van der Waals surface area contributed by atoms with Crippen molar-refractivity contribution in [2.24, 2.45) is 5.41 Å². The van der Waals surface area contributed by atoms with Gasteiger partial charge in [0.1, 0.15) is 0 Å². The molecule has 4 heteroatoms. The van der Waals surface area contributed by atoms with Gasteiger partial charge < -0.3 is 9.47 Å². The third-order valence-corrected chi connectivity index (χ3v) is 5.81. The first kappa shape index (κ1) is 27.9. The Morgan fingerprint density at radius 3 is 1.45 bits per heavy atom. The first-order valence-electron chi connectivity index (χ1n) is 12.3. The second-order valence-corrected chi connectivity index (χ2v) is 8.62. The van der Waals surface area contributed by atoms with Crippen molar-refractivity contribution in [2.75, 3.05) is 6.61 Å². The quantitative estimate of drug-likeness (QED) is 0.126. The average molecular weight is 413 g/mol. The van der Waals surface area contributed by atoms with Crippen molar-refractivity contribution in [1.29, 1.82) is 0 Å². The van der Waals surface area contributed by atoms with Gasteiger partial charge >= 0.3 is 11.9 Å². The van der Waals surface area contributed by atoms with Crippen LogP contribution in [0.1, 0.15) is 131 Å². The molecule has 0 heterocycles. The van der Waals surface area contributed by atoms with Crippen LogP contribution in [0.15, 0.2) is 0 Å². The molecule has 0 aliphatic heterocycles. The van der Waals surface area contributed by atoms with Gasteiger partial charge in [-0.3, -0.25) is 9.59 Å². The van der Waals surface area contributed by atoms with E-state index in [-0.39, 0.29) is 6.10 Å². The van der Waals surface area contributed by atoms with Gasteiger partial charge in [0.25, 0.3) is 0 Å². The Bertz CT molecular complexity index is 413. The monoisotopic (exact) mass is 412 g/mol. The van der Waals surface area contributed by atoms with Crippen molar-refractivity contribution < 1.29 is 19.1 Å². The number of unbranched alkanes of at least 4 members (excludes halogenated alkanes) is 12. The number of hydrogen-bond donors (Lipinski definition) is 0. The largest absolute Gasteiger partial charge is 0.465 e. The lowest BCUT2D eigenvalue weighted by molar-refractivity contribution is -0.175. The van der Waals surface area contributed by atoms with Gasteiger partial charge in [0.15, 0.2) is 5.41 Å². The molecule has 0 unspecified atom stereocenters. The predicted molar refractivity (Wildman–Crippen MR) is 121 cm³/mol. The summed E-state index contributed by atoms with van der Waals surface area (Å²) in [6.07, 6.45) is 17.3. The highest BCUT2D eigenvalue weighted by molar-refractivity contribution is 6.00. The molecule has 0 saturated heterocycles. The molecule has 0 aliphatic rings. The number of ether oxygens (including phenoxy) is 2. The molecule has 0 spiro atoms. The summed E-state index contributed by atoms with van der Waals surface area (Å²) in [7, 11) is 0. The fraction of sp³-hybridized carbons (Fsp3) is 0.920. The van der Waals surface area contributed by atoms with Crippen molar-refractivity contribution in [3.63, 3.8) is 0 Å². The number of esters is 2. The second-order valence-electron chi connectivity index (χ2n) is 8.62. The minimum Gasteiger partial charge on any atom is -0.465 e. The van der Waals surface area contributed by atoms with E-state index in [0.29, 0.717) is 19.4 Å². The van der Waals surface area contributed by atoms with E-state index in [1.165, 1.54) is 70.6 Å². The van der Waals surface area contributed by atoms with Crippen molar-refractivity contribution >= 4 is 11.9 Å². The summed E-state index contributed by atoms with van der Waals surface area (Å²) < 4.78 is 10.8. The smallest absolute Gasteiger partial charge is 0.323 e. The molecule has 0 saturated carbocycles.